The van der Waals surface area contributed by atoms with Crippen molar-refractivity contribution in [3.05, 3.63) is 28.2 Å². The minimum atomic E-state index is -3.30. The summed E-state index contributed by atoms with van der Waals surface area (Å²) < 4.78 is 23.1. The van der Waals surface area contributed by atoms with E-state index < -0.39 is 9.84 Å². The van der Waals surface area contributed by atoms with Crippen LogP contribution in [0.1, 0.15) is 0 Å². The Kier molecular flexibility index (Phi) is 3.78. The van der Waals surface area contributed by atoms with Crippen molar-refractivity contribution in [3.63, 3.8) is 0 Å². The van der Waals surface area contributed by atoms with Gasteiger partial charge in [-0.2, -0.15) is 0 Å². The molecule has 78 valence electrons. The quantitative estimate of drug-likeness (QED) is 0.896. The number of benzene rings is 1. The minimum Gasteiger partial charge on any atom is -0.306 e. The van der Waals surface area contributed by atoms with Gasteiger partial charge in [0.2, 0.25) is 0 Å². The molecule has 0 aliphatic rings. The first-order valence-corrected chi connectivity index (χ1v) is 6.20. The van der Waals surface area contributed by atoms with Gasteiger partial charge in [-0.25, -0.2) is 8.42 Å². The molecule has 0 atom stereocenters. The zero-order chi connectivity index (χ0) is 10.8. The fourth-order valence-corrected chi connectivity index (χ4v) is 2.43. The molecule has 1 rings (SSSR count). The minimum absolute atomic E-state index is 0.120. The van der Waals surface area contributed by atoms with Gasteiger partial charge in [0.15, 0.2) is 9.84 Å². The van der Waals surface area contributed by atoms with Gasteiger partial charge in [0.25, 0.3) is 0 Å². The summed E-state index contributed by atoms with van der Waals surface area (Å²) >= 11 is 11.4. The smallest absolute Gasteiger partial charge is 0.191 e. The first-order chi connectivity index (χ1) is 6.47. The third-order valence-electron chi connectivity index (χ3n) is 1.58. The van der Waals surface area contributed by atoms with E-state index >= 15 is 0 Å². The Balaban J connectivity index is 3.15. The van der Waals surface area contributed by atoms with Crippen molar-refractivity contribution in [1.29, 1.82) is 0 Å². The van der Waals surface area contributed by atoms with Crippen LogP contribution in [-0.2, 0) is 9.84 Å². The van der Waals surface area contributed by atoms with Crippen LogP contribution in [0.25, 0.3) is 0 Å². The van der Waals surface area contributed by atoms with Crippen LogP contribution in [0.2, 0.25) is 10.0 Å². The molecule has 0 bridgehead atoms. The molecule has 0 saturated heterocycles. The molecule has 0 heterocycles. The number of halogens is 2. The molecule has 1 aromatic carbocycles. The highest BCUT2D eigenvalue weighted by Crippen LogP contribution is 2.24. The second kappa shape index (κ2) is 4.49. The fraction of sp³-hybridized carbons (Fsp3) is 0.250. The van der Waals surface area contributed by atoms with E-state index in [1.54, 1.807) is 7.05 Å². The highest BCUT2D eigenvalue weighted by molar-refractivity contribution is 7.91. The Morgan fingerprint density at radius 3 is 2.43 bits per heavy atom. The number of hydrogen-bond donors (Lipinski definition) is 1. The zero-order valence-electron chi connectivity index (χ0n) is 7.42. The van der Waals surface area contributed by atoms with Gasteiger partial charge in [0, 0.05) is 0 Å². The van der Waals surface area contributed by atoms with Crippen molar-refractivity contribution in [2.75, 3.05) is 12.9 Å². The summed E-state index contributed by atoms with van der Waals surface area (Å²) in [4.78, 5) is 0.168. The van der Waals surface area contributed by atoms with Crippen LogP contribution in [0.15, 0.2) is 23.1 Å². The number of rotatable bonds is 3. The second-order valence-electron chi connectivity index (χ2n) is 2.69. The first-order valence-electron chi connectivity index (χ1n) is 3.80. The Bertz CT molecular complexity index is 431. The van der Waals surface area contributed by atoms with Crippen molar-refractivity contribution in [2.45, 2.75) is 4.90 Å². The van der Waals surface area contributed by atoms with Crippen molar-refractivity contribution < 1.29 is 8.42 Å². The van der Waals surface area contributed by atoms with Gasteiger partial charge in [0.1, 0.15) is 5.88 Å². The molecular formula is C8H9Cl2NO2S. The molecule has 0 fully saturated rings. The van der Waals surface area contributed by atoms with E-state index in [4.69, 9.17) is 23.2 Å². The van der Waals surface area contributed by atoms with Crippen LogP contribution in [0, 0.1) is 0 Å². The van der Waals surface area contributed by atoms with E-state index in [9.17, 15) is 8.42 Å². The molecule has 0 saturated carbocycles. The van der Waals surface area contributed by atoms with Crippen molar-refractivity contribution in [2.24, 2.45) is 0 Å². The summed E-state index contributed by atoms with van der Waals surface area (Å²) in [6.45, 7) is 0. The maximum absolute atomic E-state index is 11.5. The van der Waals surface area contributed by atoms with Crippen molar-refractivity contribution in [3.8, 4) is 0 Å². The maximum atomic E-state index is 11.5. The van der Waals surface area contributed by atoms with Crippen LogP contribution in [0.3, 0.4) is 0 Å². The molecule has 0 unspecified atom stereocenters. The molecule has 0 aliphatic carbocycles. The van der Waals surface area contributed by atoms with E-state index in [1.807, 2.05) is 0 Å². The lowest BCUT2D eigenvalue weighted by atomic mass is 10.4. The lowest BCUT2D eigenvalue weighted by Gasteiger charge is -2.04. The molecule has 6 heteroatoms. The summed E-state index contributed by atoms with van der Waals surface area (Å²) in [6.07, 6.45) is 0. The number of hydrogen-bond acceptors (Lipinski definition) is 3. The normalized spacial score (nSPS) is 11.6. The number of sulfone groups is 1. The van der Waals surface area contributed by atoms with E-state index in [2.05, 4.69) is 5.32 Å². The highest BCUT2D eigenvalue weighted by atomic mass is 35.5. The average Bonchev–Trinajstić information content (AvgIpc) is 2.09. The van der Waals surface area contributed by atoms with Gasteiger partial charge < -0.3 is 5.32 Å². The predicted octanol–water partition coefficient (Wildman–Crippen LogP) is 1.94. The first kappa shape index (κ1) is 11.8. The van der Waals surface area contributed by atoms with Crippen LogP contribution in [0.4, 0.5) is 0 Å². The summed E-state index contributed by atoms with van der Waals surface area (Å²) in [5, 5.41) is 3.16. The SMILES string of the molecule is CNCS(=O)(=O)c1ccc(Cl)c(Cl)c1. The second-order valence-corrected chi connectivity index (χ2v) is 5.49. The van der Waals surface area contributed by atoms with Crippen molar-refractivity contribution in [1.82, 2.24) is 5.32 Å². The van der Waals surface area contributed by atoms with E-state index in [1.165, 1.54) is 18.2 Å². The maximum Gasteiger partial charge on any atom is 0.191 e. The van der Waals surface area contributed by atoms with E-state index in [-0.39, 0.29) is 15.8 Å². The molecule has 0 aliphatic heterocycles. The van der Waals surface area contributed by atoms with Gasteiger partial charge in [-0.05, 0) is 25.2 Å². The van der Waals surface area contributed by atoms with Gasteiger partial charge in [-0.1, -0.05) is 23.2 Å². The molecule has 3 nitrogen and oxygen atoms in total. The summed E-state index contributed by atoms with van der Waals surface area (Å²) in [5.41, 5.74) is 0. The monoisotopic (exact) mass is 253 g/mol. The summed E-state index contributed by atoms with van der Waals surface area (Å²) in [6, 6.07) is 4.24. The standard InChI is InChI=1S/C8H9Cl2NO2S/c1-11-5-14(12,13)6-2-3-7(9)8(10)4-6/h2-4,11H,5H2,1H3. The Morgan fingerprint density at radius 1 is 1.29 bits per heavy atom. The molecule has 1 aromatic rings. The van der Waals surface area contributed by atoms with Gasteiger partial charge >= 0.3 is 0 Å². The average molecular weight is 254 g/mol. The van der Waals surface area contributed by atoms with E-state index in [0.29, 0.717) is 5.02 Å². The molecular weight excluding hydrogens is 245 g/mol. The fourth-order valence-electron chi connectivity index (χ4n) is 0.944. The lowest BCUT2D eigenvalue weighted by Crippen LogP contribution is -2.18. The summed E-state index contributed by atoms with van der Waals surface area (Å²) in [7, 11) is -1.74. The lowest BCUT2D eigenvalue weighted by molar-refractivity contribution is 0.591. The zero-order valence-corrected chi connectivity index (χ0v) is 9.75. The van der Waals surface area contributed by atoms with Gasteiger partial charge in [-0.3, -0.25) is 0 Å². The van der Waals surface area contributed by atoms with E-state index in [0.717, 1.165) is 0 Å². The number of nitrogens with one attached hydrogen (secondary N) is 1. The topological polar surface area (TPSA) is 46.2 Å². The Labute approximate surface area is 92.9 Å². The van der Waals surface area contributed by atoms with Crippen molar-refractivity contribution >= 4 is 33.0 Å². The molecule has 0 aromatic heterocycles. The van der Waals surface area contributed by atoms with Gasteiger partial charge in [0.05, 0.1) is 14.9 Å². The Hall–Kier alpha value is -0.290. The van der Waals surface area contributed by atoms with Crippen LogP contribution >= 0.6 is 23.2 Å². The third-order valence-corrected chi connectivity index (χ3v) is 3.96. The molecule has 0 radical (unpaired) electrons. The molecule has 1 N–H and O–H groups in total. The Morgan fingerprint density at radius 2 is 1.93 bits per heavy atom. The highest BCUT2D eigenvalue weighted by Gasteiger charge is 2.14. The molecule has 0 amide bonds. The van der Waals surface area contributed by atoms with Crippen LogP contribution in [-0.4, -0.2) is 21.3 Å². The summed E-state index contributed by atoms with van der Waals surface area (Å²) in [5.74, 6) is -0.120. The van der Waals surface area contributed by atoms with Crippen LogP contribution in [0.5, 0.6) is 0 Å². The molecule has 0 spiro atoms. The largest absolute Gasteiger partial charge is 0.306 e. The molecule has 14 heavy (non-hydrogen) atoms. The van der Waals surface area contributed by atoms with Gasteiger partial charge in [-0.15, -0.1) is 0 Å². The predicted molar refractivity (Wildman–Crippen MR) is 57.6 cm³/mol. The van der Waals surface area contributed by atoms with Crippen LogP contribution < -0.4 is 5.32 Å². The third kappa shape index (κ3) is 2.60.